The van der Waals surface area contributed by atoms with Gasteiger partial charge in [-0.1, -0.05) is 5.16 Å². The van der Waals surface area contributed by atoms with E-state index < -0.39 is 0 Å². The maximum atomic E-state index is 11.8. The van der Waals surface area contributed by atoms with Crippen molar-refractivity contribution in [3.8, 4) is 0 Å². The molecule has 0 unspecified atom stereocenters. The molecule has 0 radical (unpaired) electrons. The van der Waals surface area contributed by atoms with Crippen molar-refractivity contribution in [1.29, 1.82) is 0 Å². The summed E-state index contributed by atoms with van der Waals surface area (Å²) in [5, 5.41) is 9.42. The highest BCUT2D eigenvalue weighted by Crippen LogP contribution is 2.12. The summed E-state index contributed by atoms with van der Waals surface area (Å²) in [6.45, 7) is 8.14. The summed E-state index contributed by atoms with van der Waals surface area (Å²) in [7, 11) is 0. The molecule has 0 aliphatic carbocycles. The van der Waals surface area contributed by atoms with Crippen molar-refractivity contribution < 1.29 is 9.32 Å². The molecule has 2 aromatic rings. The van der Waals surface area contributed by atoms with Crippen LogP contribution < -0.4 is 10.6 Å². The molecule has 2 rings (SSSR count). The molecule has 0 aliphatic rings. The third kappa shape index (κ3) is 4.05. The van der Waals surface area contributed by atoms with Gasteiger partial charge in [-0.2, -0.15) is 0 Å². The Kier molecular flexibility index (Phi) is 4.57. The Labute approximate surface area is 123 Å². The highest BCUT2D eigenvalue weighted by atomic mass is 16.5. The number of carbonyl (C=O) groups is 1. The van der Waals surface area contributed by atoms with Gasteiger partial charge in [0.05, 0.1) is 5.69 Å². The largest absolute Gasteiger partial charge is 0.361 e. The number of aromatic nitrogens is 2. The van der Waals surface area contributed by atoms with E-state index >= 15 is 0 Å². The summed E-state index contributed by atoms with van der Waals surface area (Å²) in [5.74, 6) is 1.35. The summed E-state index contributed by atoms with van der Waals surface area (Å²) in [6, 6.07) is 3.53. The van der Waals surface area contributed by atoms with Crippen LogP contribution in [0.5, 0.6) is 0 Å². The Morgan fingerprint density at radius 1 is 1.24 bits per heavy atom. The molecule has 0 fully saturated rings. The summed E-state index contributed by atoms with van der Waals surface area (Å²) < 4.78 is 5.09. The number of amides is 2. The standard InChI is InChI=1S/C15H20N4O2/c1-9-7-10(2)17-14(8-9)18-15(20)16-6-5-13-11(3)19-21-12(13)4/h7-8H,5-6H2,1-4H3,(H2,16,17,18,20). The number of pyridine rings is 1. The van der Waals surface area contributed by atoms with Crippen molar-refractivity contribution >= 4 is 11.8 Å². The first-order valence-corrected chi connectivity index (χ1v) is 6.87. The monoisotopic (exact) mass is 288 g/mol. The zero-order valence-corrected chi connectivity index (χ0v) is 12.8. The normalized spacial score (nSPS) is 10.5. The van der Waals surface area contributed by atoms with Gasteiger partial charge >= 0.3 is 6.03 Å². The average molecular weight is 288 g/mol. The lowest BCUT2D eigenvalue weighted by Crippen LogP contribution is -2.31. The maximum Gasteiger partial charge on any atom is 0.320 e. The summed E-state index contributed by atoms with van der Waals surface area (Å²) in [6.07, 6.45) is 0.689. The molecule has 2 amide bonds. The van der Waals surface area contributed by atoms with E-state index in [0.717, 1.165) is 28.3 Å². The fourth-order valence-corrected chi connectivity index (χ4v) is 2.23. The second kappa shape index (κ2) is 6.39. The van der Waals surface area contributed by atoms with Crippen LogP contribution in [-0.2, 0) is 6.42 Å². The molecule has 0 bridgehead atoms. The van der Waals surface area contributed by atoms with E-state index in [-0.39, 0.29) is 6.03 Å². The number of carbonyl (C=O) groups excluding carboxylic acids is 1. The first-order valence-electron chi connectivity index (χ1n) is 6.87. The van der Waals surface area contributed by atoms with Crippen LogP contribution in [0.15, 0.2) is 16.7 Å². The first-order chi connectivity index (χ1) is 9.95. The zero-order chi connectivity index (χ0) is 15.4. The van der Waals surface area contributed by atoms with Gasteiger partial charge in [-0.05, 0) is 51.8 Å². The highest BCUT2D eigenvalue weighted by Gasteiger charge is 2.09. The Morgan fingerprint density at radius 2 is 2.00 bits per heavy atom. The zero-order valence-electron chi connectivity index (χ0n) is 12.8. The number of hydrogen-bond donors (Lipinski definition) is 2. The molecule has 0 atom stereocenters. The second-order valence-corrected chi connectivity index (χ2v) is 5.10. The molecule has 6 nitrogen and oxygen atoms in total. The summed E-state index contributed by atoms with van der Waals surface area (Å²) >= 11 is 0. The SMILES string of the molecule is Cc1cc(C)nc(NC(=O)NCCc2c(C)noc2C)c1. The van der Waals surface area contributed by atoms with Crippen LogP contribution in [0.4, 0.5) is 10.6 Å². The molecular weight excluding hydrogens is 268 g/mol. The fraction of sp³-hybridized carbons (Fsp3) is 0.400. The van der Waals surface area contributed by atoms with Gasteiger partial charge in [-0.3, -0.25) is 5.32 Å². The lowest BCUT2D eigenvalue weighted by Gasteiger charge is -2.08. The van der Waals surface area contributed by atoms with E-state index in [2.05, 4.69) is 20.8 Å². The third-order valence-corrected chi connectivity index (χ3v) is 3.18. The van der Waals surface area contributed by atoms with E-state index in [1.807, 2.05) is 39.8 Å². The lowest BCUT2D eigenvalue weighted by molar-refractivity contribution is 0.252. The Hall–Kier alpha value is -2.37. The molecular formula is C15H20N4O2. The van der Waals surface area contributed by atoms with Gasteiger partial charge in [0.25, 0.3) is 0 Å². The molecule has 0 saturated heterocycles. The Morgan fingerprint density at radius 3 is 2.62 bits per heavy atom. The van der Waals surface area contributed by atoms with Crippen LogP contribution >= 0.6 is 0 Å². The van der Waals surface area contributed by atoms with E-state index in [1.165, 1.54) is 0 Å². The molecule has 0 aliphatic heterocycles. The fourth-order valence-electron chi connectivity index (χ4n) is 2.23. The van der Waals surface area contributed by atoms with Gasteiger partial charge in [0, 0.05) is 17.8 Å². The molecule has 2 aromatic heterocycles. The van der Waals surface area contributed by atoms with E-state index in [9.17, 15) is 4.79 Å². The van der Waals surface area contributed by atoms with Crippen LogP contribution in [0.2, 0.25) is 0 Å². The van der Waals surface area contributed by atoms with E-state index in [4.69, 9.17) is 4.52 Å². The van der Waals surface area contributed by atoms with Gasteiger partial charge in [0.2, 0.25) is 0 Å². The predicted octanol–water partition coefficient (Wildman–Crippen LogP) is 2.67. The topological polar surface area (TPSA) is 80.0 Å². The van der Waals surface area contributed by atoms with Crippen molar-refractivity contribution in [2.24, 2.45) is 0 Å². The summed E-state index contributed by atoms with van der Waals surface area (Å²) in [4.78, 5) is 16.1. The smallest absolute Gasteiger partial charge is 0.320 e. The minimum atomic E-state index is -0.265. The van der Waals surface area contributed by atoms with Crippen LogP contribution in [0, 0.1) is 27.7 Å². The van der Waals surface area contributed by atoms with Crippen LogP contribution in [0.1, 0.15) is 28.3 Å². The molecule has 0 saturated carbocycles. The molecule has 21 heavy (non-hydrogen) atoms. The van der Waals surface area contributed by atoms with Gasteiger partial charge in [0.15, 0.2) is 0 Å². The number of urea groups is 1. The number of rotatable bonds is 4. The minimum Gasteiger partial charge on any atom is -0.361 e. The van der Waals surface area contributed by atoms with Crippen LogP contribution in [-0.4, -0.2) is 22.7 Å². The van der Waals surface area contributed by atoms with E-state index in [1.54, 1.807) is 0 Å². The number of hydrogen-bond acceptors (Lipinski definition) is 4. The number of anilines is 1. The van der Waals surface area contributed by atoms with Gasteiger partial charge in [-0.25, -0.2) is 9.78 Å². The van der Waals surface area contributed by atoms with Crippen LogP contribution in [0.3, 0.4) is 0 Å². The molecule has 112 valence electrons. The van der Waals surface area contributed by atoms with Gasteiger partial charge < -0.3 is 9.84 Å². The molecule has 2 heterocycles. The quantitative estimate of drug-likeness (QED) is 0.906. The Bertz CT molecular complexity index is 609. The molecule has 2 N–H and O–H groups in total. The lowest BCUT2D eigenvalue weighted by atomic mass is 10.1. The second-order valence-electron chi connectivity index (χ2n) is 5.10. The number of nitrogens with zero attached hydrogens (tertiary/aromatic N) is 2. The van der Waals surface area contributed by atoms with Gasteiger partial charge in [-0.15, -0.1) is 0 Å². The molecule has 0 aromatic carbocycles. The van der Waals surface area contributed by atoms with Crippen LogP contribution in [0.25, 0.3) is 0 Å². The third-order valence-electron chi connectivity index (χ3n) is 3.18. The highest BCUT2D eigenvalue weighted by molar-refractivity contribution is 5.88. The predicted molar refractivity (Wildman–Crippen MR) is 80.4 cm³/mol. The average Bonchev–Trinajstić information content (AvgIpc) is 2.69. The van der Waals surface area contributed by atoms with Crippen molar-refractivity contribution in [2.45, 2.75) is 34.1 Å². The Balaban J connectivity index is 1.85. The summed E-state index contributed by atoms with van der Waals surface area (Å²) in [5.41, 5.74) is 3.85. The molecule has 0 spiro atoms. The van der Waals surface area contributed by atoms with Crippen molar-refractivity contribution in [3.05, 3.63) is 40.4 Å². The molecule has 6 heteroatoms. The van der Waals surface area contributed by atoms with E-state index in [0.29, 0.717) is 18.8 Å². The van der Waals surface area contributed by atoms with Crippen molar-refractivity contribution in [2.75, 3.05) is 11.9 Å². The number of aryl methyl sites for hydroxylation is 4. The first kappa shape index (κ1) is 15.0. The minimum absolute atomic E-state index is 0.265. The number of nitrogens with one attached hydrogen (secondary N) is 2. The maximum absolute atomic E-state index is 11.8. The van der Waals surface area contributed by atoms with Crippen molar-refractivity contribution in [3.63, 3.8) is 0 Å². The van der Waals surface area contributed by atoms with Gasteiger partial charge in [0.1, 0.15) is 11.6 Å². The van der Waals surface area contributed by atoms with Crippen molar-refractivity contribution in [1.82, 2.24) is 15.5 Å².